The summed E-state index contributed by atoms with van der Waals surface area (Å²) in [5, 5.41) is 0.792. The first kappa shape index (κ1) is 14.2. The van der Waals surface area contributed by atoms with E-state index >= 15 is 0 Å². The van der Waals surface area contributed by atoms with E-state index in [-0.39, 0.29) is 0 Å². The monoisotopic (exact) mass is 279 g/mol. The van der Waals surface area contributed by atoms with Gasteiger partial charge in [0.25, 0.3) is 0 Å². The molecule has 0 bridgehead atoms. The van der Waals surface area contributed by atoms with Crippen molar-refractivity contribution in [2.75, 3.05) is 19.8 Å². The van der Waals surface area contributed by atoms with Crippen LogP contribution in [0.25, 0.3) is 0 Å². The molecule has 0 aromatic heterocycles. The minimum absolute atomic E-state index is 0.413. The predicted molar refractivity (Wildman–Crippen MR) is 80.7 cm³/mol. The van der Waals surface area contributed by atoms with Gasteiger partial charge in [0.05, 0.1) is 12.7 Å². The molecule has 3 nitrogen and oxygen atoms in total. The van der Waals surface area contributed by atoms with Crippen LogP contribution in [0.4, 0.5) is 0 Å². The first-order chi connectivity index (χ1) is 9.24. The Bertz CT molecular complexity index is 416. The zero-order valence-electron chi connectivity index (χ0n) is 11.4. The van der Waals surface area contributed by atoms with E-state index in [1.165, 1.54) is 5.56 Å². The summed E-state index contributed by atoms with van der Waals surface area (Å²) >= 11 is 5.95. The van der Waals surface area contributed by atoms with Crippen molar-refractivity contribution in [2.45, 2.75) is 25.8 Å². The summed E-state index contributed by atoms with van der Waals surface area (Å²) in [4.78, 5) is 4.69. The molecule has 2 N–H and O–H groups in total. The average molecular weight is 280 g/mol. The Morgan fingerprint density at radius 1 is 1.26 bits per heavy atom. The summed E-state index contributed by atoms with van der Waals surface area (Å²) < 4.78 is 0. The molecule has 1 aliphatic rings. The van der Waals surface area contributed by atoms with Crippen molar-refractivity contribution >= 4 is 11.6 Å². The average Bonchev–Trinajstić information content (AvgIpc) is 2.88. The molecule has 0 amide bonds. The third-order valence-corrected chi connectivity index (χ3v) is 3.76. The van der Waals surface area contributed by atoms with Gasteiger partial charge in [-0.25, -0.2) is 0 Å². The highest BCUT2D eigenvalue weighted by molar-refractivity contribution is 6.30. The fourth-order valence-corrected chi connectivity index (χ4v) is 2.60. The van der Waals surface area contributed by atoms with Crippen molar-refractivity contribution in [1.29, 1.82) is 0 Å². The summed E-state index contributed by atoms with van der Waals surface area (Å²) in [6, 6.07) is 8.58. The molecule has 2 rings (SSSR count). The van der Waals surface area contributed by atoms with Crippen LogP contribution in [0, 0.1) is 0 Å². The molecule has 19 heavy (non-hydrogen) atoms. The maximum atomic E-state index is 5.95. The molecule has 4 heteroatoms. The molecule has 104 valence electrons. The fraction of sp³-hybridized carbons (Fsp3) is 0.467. The second kappa shape index (κ2) is 6.83. The van der Waals surface area contributed by atoms with Crippen molar-refractivity contribution in [2.24, 2.45) is 5.73 Å². The van der Waals surface area contributed by atoms with Gasteiger partial charge in [-0.05, 0) is 37.1 Å². The van der Waals surface area contributed by atoms with E-state index in [2.05, 4.69) is 41.3 Å². The standard InChI is InChI=1S/C15H22ClN3/c1-2-15(13-4-6-14(16)7-5-13)19-11-10-18(12-19)9-3-8-17/h4-7,10-11,15H,2-3,8-9,12,17H2,1H3. The Kier molecular flexibility index (Phi) is 5.11. The van der Waals surface area contributed by atoms with Crippen LogP contribution >= 0.6 is 11.6 Å². The number of nitrogens with zero attached hydrogens (tertiary/aromatic N) is 2. The van der Waals surface area contributed by atoms with Gasteiger partial charge in [-0.2, -0.15) is 0 Å². The summed E-state index contributed by atoms with van der Waals surface area (Å²) in [5.41, 5.74) is 6.87. The Morgan fingerprint density at radius 3 is 2.63 bits per heavy atom. The second-order valence-electron chi connectivity index (χ2n) is 4.88. The molecule has 1 heterocycles. The van der Waals surface area contributed by atoms with E-state index < -0.39 is 0 Å². The van der Waals surface area contributed by atoms with Crippen LogP contribution in [0.3, 0.4) is 0 Å². The molecular weight excluding hydrogens is 258 g/mol. The Morgan fingerprint density at radius 2 is 2.00 bits per heavy atom. The highest BCUT2D eigenvalue weighted by Gasteiger charge is 2.20. The molecule has 0 saturated carbocycles. The SMILES string of the molecule is CCC(c1ccc(Cl)cc1)N1C=CN(CCCN)C1. The molecule has 0 aliphatic carbocycles. The van der Waals surface area contributed by atoms with Crippen molar-refractivity contribution < 1.29 is 0 Å². The van der Waals surface area contributed by atoms with E-state index in [1.54, 1.807) is 0 Å². The summed E-state index contributed by atoms with van der Waals surface area (Å²) in [6.45, 7) is 4.94. The van der Waals surface area contributed by atoms with Crippen LogP contribution in [0.1, 0.15) is 31.4 Å². The maximum absolute atomic E-state index is 5.95. The lowest BCUT2D eigenvalue weighted by Crippen LogP contribution is -2.29. The van der Waals surface area contributed by atoms with Gasteiger partial charge in [0.15, 0.2) is 0 Å². The first-order valence-corrected chi connectivity index (χ1v) is 7.26. The Hall–Kier alpha value is -1.19. The molecule has 1 aromatic rings. The molecule has 0 fully saturated rings. The molecular formula is C15H22ClN3. The molecule has 0 saturated heterocycles. The van der Waals surface area contributed by atoms with Crippen molar-refractivity contribution in [3.8, 4) is 0 Å². The highest BCUT2D eigenvalue weighted by Crippen LogP contribution is 2.28. The first-order valence-electron chi connectivity index (χ1n) is 6.88. The molecule has 0 radical (unpaired) electrons. The van der Waals surface area contributed by atoms with Gasteiger partial charge in [-0.3, -0.25) is 0 Å². The number of rotatable bonds is 6. The van der Waals surface area contributed by atoms with Crippen LogP contribution in [-0.4, -0.2) is 29.6 Å². The van der Waals surface area contributed by atoms with E-state index in [0.29, 0.717) is 6.04 Å². The van der Waals surface area contributed by atoms with E-state index in [1.807, 2.05) is 12.1 Å². The van der Waals surface area contributed by atoms with Gasteiger partial charge >= 0.3 is 0 Å². The largest absolute Gasteiger partial charge is 0.359 e. The van der Waals surface area contributed by atoms with Gasteiger partial charge < -0.3 is 15.5 Å². The minimum Gasteiger partial charge on any atom is -0.359 e. The summed E-state index contributed by atoms with van der Waals surface area (Å²) in [7, 11) is 0. The van der Waals surface area contributed by atoms with Crippen LogP contribution in [0.5, 0.6) is 0 Å². The Balaban J connectivity index is 2.00. The van der Waals surface area contributed by atoms with Crippen molar-refractivity contribution in [3.63, 3.8) is 0 Å². The van der Waals surface area contributed by atoms with Gasteiger partial charge in [0, 0.05) is 24.0 Å². The zero-order chi connectivity index (χ0) is 13.7. The van der Waals surface area contributed by atoms with Gasteiger partial charge in [0.2, 0.25) is 0 Å². The highest BCUT2D eigenvalue weighted by atomic mass is 35.5. The predicted octanol–water partition coefficient (Wildman–Crippen LogP) is 3.19. The minimum atomic E-state index is 0.413. The lowest BCUT2D eigenvalue weighted by Gasteiger charge is -2.29. The van der Waals surface area contributed by atoms with E-state index in [0.717, 1.165) is 37.6 Å². The van der Waals surface area contributed by atoms with Crippen LogP contribution in [0.2, 0.25) is 5.02 Å². The van der Waals surface area contributed by atoms with E-state index in [9.17, 15) is 0 Å². The number of benzene rings is 1. The Labute approximate surface area is 120 Å². The molecule has 0 spiro atoms. The molecule has 1 aromatic carbocycles. The lowest BCUT2D eigenvalue weighted by molar-refractivity contribution is 0.207. The lowest BCUT2D eigenvalue weighted by atomic mass is 10.0. The summed E-state index contributed by atoms with van der Waals surface area (Å²) in [5.74, 6) is 0. The van der Waals surface area contributed by atoms with Crippen LogP contribution in [0.15, 0.2) is 36.7 Å². The molecule has 1 unspecified atom stereocenters. The third kappa shape index (κ3) is 3.64. The van der Waals surface area contributed by atoms with Crippen molar-refractivity contribution in [3.05, 3.63) is 47.3 Å². The third-order valence-electron chi connectivity index (χ3n) is 3.51. The smallest absolute Gasteiger partial charge is 0.0899 e. The quantitative estimate of drug-likeness (QED) is 0.868. The second-order valence-corrected chi connectivity index (χ2v) is 5.32. The molecule has 1 aliphatic heterocycles. The van der Waals surface area contributed by atoms with Crippen molar-refractivity contribution in [1.82, 2.24) is 9.80 Å². The van der Waals surface area contributed by atoms with Crippen LogP contribution < -0.4 is 5.73 Å². The van der Waals surface area contributed by atoms with Crippen LogP contribution in [-0.2, 0) is 0 Å². The topological polar surface area (TPSA) is 32.5 Å². The number of nitrogens with two attached hydrogens (primary N) is 1. The summed E-state index contributed by atoms with van der Waals surface area (Å²) in [6.07, 6.45) is 6.46. The zero-order valence-corrected chi connectivity index (χ0v) is 12.2. The van der Waals surface area contributed by atoms with Gasteiger partial charge in [0.1, 0.15) is 0 Å². The molecule has 1 atom stereocenters. The maximum Gasteiger partial charge on any atom is 0.0899 e. The van der Waals surface area contributed by atoms with E-state index in [4.69, 9.17) is 17.3 Å². The number of halogens is 1. The van der Waals surface area contributed by atoms with Gasteiger partial charge in [-0.15, -0.1) is 0 Å². The fourth-order valence-electron chi connectivity index (χ4n) is 2.47. The normalized spacial score (nSPS) is 16.2. The van der Waals surface area contributed by atoms with Gasteiger partial charge in [-0.1, -0.05) is 30.7 Å². The number of hydrogen-bond acceptors (Lipinski definition) is 3. The number of hydrogen-bond donors (Lipinski definition) is 1.